The Kier molecular flexibility index (Phi) is 4.95. The maximum Gasteiger partial charge on any atom is 0.0491 e. The Hall–Kier alpha value is -3.58. The summed E-state index contributed by atoms with van der Waals surface area (Å²) in [5.41, 5.74) is 10.1. The summed E-state index contributed by atoms with van der Waals surface area (Å²) in [7, 11) is 0. The predicted octanol–water partition coefficient (Wildman–Crippen LogP) is 8.02. The summed E-state index contributed by atoms with van der Waals surface area (Å²) in [6, 6.07) is 33.2. The third-order valence-electron chi connectivity index (χ3n) is 6.15. The molecule has 0 unspecified atom stereocenters. The molecule has 0 amide bonds. The highest BCUT2D eigenvalue weighted by atomic mass is 15.0. The van der Waals surface area contributed by atoms with Crippen molar-refractivity contribution in [2.75, 3.05) is 0 Å². The van der Waals surface area contributed by atoms with E-state index in [1.165, 1.54) is 55.2 Å². The first-order valence-corrected chi connectivity index (χ1v) is 11.0. The Bertz CT molecular complexity index is 1350. The van der Waals surface area contributed by atoms with Crippen LogP contribution in [0.15, 0.2) is 91.0 Å². The number of aryl methyl sites for hydroxylation is 3. The molecule has 0 fully saturated rings. The fourth-order valence-corrected chi connectivity index (χ4v) is 4.47. The predicted molar refractivity (Wildman–Crippen MR) is 134 cm³/mol. The van der Waals surface area contributed by atoms with E-state index < -0.39 is 0 Å². The number of hydrogen-bond donors (Lipinski definition) is 0. The van der Waals surface area contributed by atoms with Crippen molar-refractivity contribution in [3.8, 4) is 0 Å². The first-order chi connectivity index (χ1) is 15.1. The molecule has 1 aromatic heterocycles. The SMILES string of the molecule is CCn1c2ccccc2c2cc(C=C(c3ccc(C)cc3)c3ccc(C)cc3)ccc21. The van der Waals surface area contributed by atoms with Crippen LogP contribution in [0.2, 0.25) is 0 Å². The maximum atomic E-state index is 2.40. The van der Waals surface area contributed by atoms with Crippen molar-refractivity contribution in [2.24, 2.45) is 0 Å². The second kappa shape index (κ2) is 7.92. The Labute approximate surface area is 184 Å². The van der Waals surface area contributed by atoms with Crippen LogP contribution in [-0.4, -0.2) is 4.57 Å². The van der Waals surface area contributed by atoms with Gasteiger partial charge < -0.3 is 4.57 Å². The summed E-state index contributed by atoms with van der Waals surface area (Å²) in [5.74, 6) is 0. The lowest BCUT2D eigenvalue weighted by atomic mass is 9.94. The summed E-state index contributed by atoms with van der Waals surface area (Å²) in [4.78, 5) is 0. The number of nitrogens with zero attached hydrogens (tertiary/aromatic N) is 1. The zero-order valence-electron chi connectivity index (χ0n) is 18.4. The summed E-state index contributed by atoms with van der Waals surface area (Å²) in [6.45, 7) is 7.46. The third kappa shape index (κ3) is 3.57. The van der Waals surface area contributed by atoms with E-state index in [0.29, 0.717) is 0 Å². The van der Waals surface area contributed by atoms with E-state index in [1.807, 2.05) is 0 Å². The van der Waals surface area contributed by atoms with Crippen molar-refractivity contribution in [2.45, 2.75) is 27.3 Å². The van der Waals surface area contributed by atoms with Crippen molar-refractivity contribution < 1.29 is 0 Å². The normalized spacial score (nSPS) is 11.2. The largest absolute Gasteiger partial charge is 0.341 e. The molecule has 5 aromatic rings. The minimum atomic E-state index is 0.969. The Morgan fingerprint density at radius 2 is 1.26 bits per heavy atom. The van der Waals surface area contributed by atoms with E-state index in [-0.39, 0.29) is 0 Å². The molecule has 1 heteroatoms. The Morgan fingerprint density at radius 3 is 1.87 bits per heavy atom. The second-order valence-electron chi connectivity index (χ2n) is 8.33. The van der Waals surface area contributed by atoms with Gasteiger partial charge in [0, 0.05) is 28.4 Å². The van der Waals surface area contributed by atoms with E-state index >= 15 is 0 Å². The summed E-state index contributed by atoms with van der Waals surface area (Å²) < 4.78 is 2.40. The molecule has 0 atom stereocenters. The van der Waals surface area contributed by atoms with Gasteiger partial charge in [-0.25, -0.2) is 0 Å². The minimum absolute atomic E-state index is 0.969. The van der Waals surface area contributed by atoms with Gasteiger partial charge in [0.1, 0.15) is 0 Å². The first kappa shape index (κ1) is 19.4. The van der Waals surface area contributed by atoms with Crippen LogP contribution < -0.4 is 0 Å². The van der Waals surface area contributed by atoms with Gasteiger partial charge in [0.05, 0.1) is 0 Å². The average molecular weight is 402 g/mol. The molecule has 0 radical (unpaired) electrons. The van der Waals surface area contributed by atoms with E-state index in [0.717, 1.165) is 6.54 Å². The number of rotatable bonds is 4. The molecule has 0 bridgehead atoms. The molecule has 1 nitrogen and oxygen atoms in total. The molecule has 0 saturated carbocycles. The topological polar surface area (TPSA) is 4.93 Å². The Balaban J connectivity index is 1.71. The quantitative estimate of drug-likeness (QED) is 0.269. The minimum Gasteiger partial charge on any atom is -0.341 e. The van der Waals surface area contributed by atoms with E-state index in [1.54, 1.807) is 0 Å². The fraction of sp³-hybridized carbons (Fsp3) is 0.133. The zero-order valence-corrected chi connectivity index (χ0v) is 18.4. The van der Waals surface area contributed by atoms with Crippen LogP contribution in [0.4, 0.5) is 0 Å². The van der Waals surface area contributed by atoms with Gasteiger partial charge in [-0.3, -0.25) is 0 Å². The number of hydrogen-bond acceptors (Lipinski definition) is 0. The lowest BCUT2D eigenvalue weighted by Gasteiger charge is -2.10. The highest BCUT2D eigenvalue weighted by molar-refractivity contribution is 6.09. The van der Waals surface area contributed by atoms with Crippen molar-refractivity contribution in [1.29, 1.82) is 0 Å². The highest BCUT2D eigenvalue weighted by Crippen LogP contribution is 2.32. The molecule has 0 saturated heterocycles. The van der Waals surface area contributed by atoms with E-state index in [9.17, 15) is 0 Å². The van der Waals surface area contributed by atoms with Gasteiger partial charge in [0.15, 0.2) is 0 Å². The molecule has 0 spiro atoms. The monoisotopic (exact) mass is 401 g/mol. The fourth-order valence-electron chi connectivity index (χ4n) is 4.47. The van der Waals surface area contributed by atoms with E-state index in [2.05, 4.69) is 122 Å². The highest BCUT2D eigenvalue weighted by Gasteiger charge is 2.11. The standard InChI is InChI=1S/C30H27N/c1-4-31-29-8-6-5-7-26(29)28-20-23(13-18-30(28)31)19-27(24-14-9-21(2)10-15-24)25-16-11-22(3)12-17-25/h5-20H,4H2,1-3H3. The average Bonchev–Trinajstić information content (AvgIpc) is 3.12. The number of fused-ring (bicyclic) bond motifs is 3. The molecule has 0 aliphatic carbocycles. The number of para-hydroxylation sites is 1. The molecule has 4 aromatic carbocycles. The number of benzene rings is 4. The van der Waals surface area contributed by atoms with Gasteiger partial charge in [-0.2, -0.15) is 0 Å². The van der Waals surface area contributed by atoms with Crippen molar-refractivity contribution in [3.63, 3.8) is 0 Å². The van der Waals surface area contributed by atoms with Crippen molar-refractivity contribution in [3.05, 3.63) is 119 Å². The molecular formula is C30H27N. The third-order valence-corrected chi connectivity index (χ3v) is 6.15. The van der Waals surface area contributed by atoms with E-state index in [4.69, 9.17) is 0 Å². The van der Waals surface area contributed by atoms with Crippen LogP contribution in [0, 0.1) is 13.8 Å². The van der Waals surface area contributed by atoms with Crippen LogP contribution >= 0.6 is 0 Å². The van der Waals surface area contributed by atoms with Crippen LogP contribution in [0.3, 0.4) is 0 Å². The van der Waals surface area contributed by atoms with Crippen molar-refractivity contribution in [1.82, 2.24) is 4.57 Å². The lowest BCUT2D eigenvalue weighted by molar-refractivity contribution is 0.827. The zero-order chi connectivity index (χ0) is 21.4. The molecule has 0 aliphatic heterocycles. The molecule has 1 heterocycles. The smallest absolute Gasteiger partial charge is 0.0491 e. The number of aromatic nitrogens is 1. The van der Waals surface area contributed by atoms with Gasteiger partial charge in [-0.05, 0) is 67.3 Å². The van der Waals surface area contributed by atoms with Gasteiger partial charge in [-0.1, -0.05) is 83.9 Å². The van der Waals surface area contributed by atoms with Gasteiger partial charge in [0.2, 0.25) is 0 Å². The summed E-state index contributed by atoms with van der Waals surface area (Å²) in [6.07, 6.45) is 2.33. The van der Waals surface area contributed by atoms with Crippen molar-refractivity contribution >= 4 is 33.5 Å². The molecule has 31 heavy (non-hydrogen) atoms. The summed E-state index contributed by atoms with van der Waals surface area (Å²) >= 11 is 0. The molecule has 0 N–H and O–H groups in total. The molecule has 152 valence electrons. The lowest BCUT2D eigenvalue weighted by Crippen LogP contribution is -1.92. The van der Waals surface area contributed by atoms with Gasteiger partial charge >= 0.3 is 0 Å². The maximum absolute atomic E-state index is 2.40. The Morgan fingerprint density at radius 1 is 0.677 bits per heavy atom. The second-order valence-corrected chi connectivity index (χ2v) is 8.33. The van der Waals surface area contributed by atoms with Gasteiger partial charge in [0.25, 0.3) is 0 Å². The van der Waals surface area contributed by atoms with Gasteiger partial charge in [-0.15, -0.1) is 0 Å². The van der Waals surface area contributed by atoms with Crippen LogP contribution in [0.5, 0.6) is 0 Å². The van der Waals surface area contributed by atoms with Crippen LogP contribution in [-0.2, 0) is 6.54 Å². The first-order valence-electron chi connectivity index (χ1n) is 11.0. The molecular weight excluding hydrogens is 374 g/mol. The van der Waals surface area contributed by atoms with Crippen LogP contribution in [0.25, 0.3) is 33.5 Å². The van der Waals surface area contributed by atoms with Crippen LogP contribution in [0.1, 0.15) is 34.7 Å². The molecule has 5 rings (SSSR count). The summed E-state index contributed by atoms with van der Waals surface area (Å²) in [5, 5.41) is 2.64. The molecule has 0 aliphatic rings.